The first kappa shape index (κ1) is 12.2. The number of nitrogens with two attached hydrogens (primary N) is 1. The Labute approximate surface area is 108 Å². The summed E-state index contributed by atoms with van der Waals surface area (Å²) in [4.78, 5) is 0. The third kappa shape index (κ3) is 1.69. The van der Waals surface area contributed by atoms with Crippen LogP contribution in [-0.2, 0) is 12.8 Å². The molecule has 3 nitrogen and oxygen atoms in total. The van der Waals surface area contributed by atoms with E-state index in [9.17, 15) is 5.11 Å². The molecule has 4 N–H and O–H groups in total. The van der Waals surface area contributed by atoms with Gasteiger partial charge in [-0.15, -0.1) is 0 Å². The maximum atomic E-state index is 10.9. The van der Waals surface area contributed by atoms with E-state index in [-0.39, 0.29) is 5.41 Å². The van der Waals surface area contributed by atoms with Crippen LogP contribution in [0, 0.1) is 5.41 Å². The molecular formula is C15H22N2O. The van der Waals surface area contributed by atoms with Gasteiger partial charge < -0.3 is 16.2 Å². The predicted octanol–water partition coefficient (Wildman–Crippen LogP) is 0.845. The molecule has 2 unspecified atom stereocenters. The van der Waals surface area contributed by atoms with E-state index in [2.05, 4.69) is 29.6 Å². The second-order valence-electron chi connectivity index (χ2n) is 5.89. The van der Waals surface area contributed by atoms with Gasteiger partial charge in [-0.25, -0.2) is 0 Å². The summed E-state index contributed by atoms with van der Waals surface area (Å²) >= 11 is 0. The van der Waals surface area contributed by atoms with Crippen LogP contribution in [0.2, 0.25) is 0 Å². The van der Waals surface area contributed by atoms with Crippen molar-refractivity contribution in [2.75, 3.05) is 19.6 Å². The Kier molecular flexibility index (Phi) is 2.93. The summed E-state index contributed by atoms with van der Waals surface area (Å²) in [5.74, 6) is 0. The van der Waals surface area contributed by atoms with Crippen molar-refractivity contribution in [3.63, 3.8) is 0 Å². The molecule has 98 valence electrons. The van der Waals surface area contributed by atoms with Crippen molar-refractivity contribution >= 4 is 0 Å². The minimum absolute atomic E-state index is 0.148. The van der Waals surface area contributed by atoms with Crippen molar-refractivity contribution in [2.45, 2.75) is 31.3 Å². The molecule has 2 aliphatic rings. The molecule has 1 aromatic carbocycles. The maximum Gasteiger partial charge on any atom is 0.0854 e. The highest BCUT2D eigenvalue weighted by Crippen LogP contribution is 2.45. The van der Waals surface area contributed by atoms with Crippen LogP contribution in [-0.4, -0.2) is 30.3 Å². The quantitative estimate of drug-likeness (QED) is 0.725. The van der Waals surface area contributed by atoms with Crippen LogP contribution in [0.4, 0.5) is 0 Å². The molecule has 1 fully saturated rings. The molecule has 1 aliphatic carbocycles. The topological polar surface area (TPSA) is 58.3 Å². The second kappa shape index (κ2) is 4.34. The fourth-order valence-corrected chi connectivity index (χ4v) is 3.69. The summed E-state index contributed by atoms with van der Waals surface area (Å²) in [5.41, 5.74) is 8.09. The van der Waals surface area contributed by atoms with Crippen LogP contribution in [0.1, 0.15) is 24.0 Å². The normalized spacial score (nSPS) is 35.4. The molecule has 2 atom stereocenters. The van der Waals surface area contributed by atoms with Crippen LogP contribution >= 0.6 is 0 Å². The van der Waals surface area contributed by atoms with Gasteiger partial charge in [0.05, 0.1) is 5.60 Å². The third-order valence-electron chi connectivity index (χ3n) is 5.03. The second-order valence-corrected chi connectivity index (χ2v) is 5.89. The Hall–Kier alpha value is -0.900. The Bertz CT molecular complexity index is 440. The van der Waals surface area contributed by atoms with Gasteiger partial charge in [0.25, 0.3) is 0 Å². The fraction of sp³-hybridized carbons (Fsp3) is 0.600. The number of benzene rings is 1. The zero-order chi connectivity index (χ0) is 12.6. The molecule has 0 spiro atoms. The molecular weight excluding hydrogens is 224 g/mol. The van der Waals surface area contributed by atoms with Gasteiger partial charge in [-0.3, -0.25) is 0 Å². The van der Waals surface area contributed by atoms with E-state index >= 15 is 0 Å². The van der Waals surface area contributed by atoms with E-state index < -0.39 is 5.60 Å². The highest BCUT2D eigenvalue weighted by Gasteiger charge is 2.51. The smallest absolute Gasteiger partial charge is 0.0854 e. The van der Waals surface area contributed by atoms with Gasteiger partial charge in [0.15, 0.2) is 0 Å². The van der Waals surface area contributed by atoms with Crippen LogP contribution in [0.15, 0.2) is 24.3 Å². The molecule has 0 aromatic heterocycles. The first-order valence-electron chi connectivity index (χ1n) is 6.89. The first-order chi connectivity index (χ1) is 8.69. The van der Waals surface area contributed by atoms with Gasteiger partial charge in [-0.05, 0) is 43.4 Å². The minimum Gasteiger partial charge on any atom is -0.388 e. The molecule has 1 heterocycles. The van der Waals surface area contributed by atoms with Crippen LogP contribution in [0.5, 0.6) is 0 Å². The minimum atomic E-state index is -0.630. The molecule has 3 rings (SSSR count). The summed E-state index contributed by atoms with van der Waals surface area (Å²) in [6.45, 7) is 2.16. The summed E-state index contributed by atoms with van der Waals surface area (Å²) in [6, 6.07) is 8.57. The Morgan fingerprint density at radius 3 is 2.67 bits per heavy atom. The van der Waals surface area contributed by atoms with Gasteiger partial charge in [-0.1, -0.05) is 24.3 Å². The molecule has 1 aromatic rings. The van der Waals surface area contributed by atoms with E-state index in [0.717, 1.165) is 32.2 Å². The summed E-state index contributed by atoms with van der Waals surface area (Å²) in [7, 11) is 0. The first-order valence-corrected chi connectivity index (χ1v) is 6.89. The lowest BCUT2D eigenvalue weighted by Gasteiger charge is -2.47. The van der Waals surface area contributed by atoms with E-state index in [0.29, 0.717) is 13.1 Å². The van der Waals surface area contributed by atoms with Crippen molar-refractivity contribution in [3.8, 4) is 0 Å². The average molecular weight is 246 g/mol. The van der Waals surface area contributed by atoms with Gasteiger partial charge in [-0.2, -0.15) is 0 Å². The number of aliphatic hydroxyl groups is 1. The number of rotatable bonds is 2. The fourth-order valence-electron chi connectivity index (χ4n) is 3.69. The Balaban J connectivity index is 1.95. The van der Waals surface area contributed by atoms with Gasteiger partial charge in [0.1, 0.15) is 0 Å². The van der Waals surface area contributed by atoms with Crippen molar-refractivity contribution in [1.29, 1.82) is 0 Å². The van der Waals surface area contributed by atoms with Crippen LogP contribution < -0.4 is 11.1 Å². The number of hydrogen-bond donors (Lipinski definition) is 3. The Morgan fingerprint density at radius 2 is 2.00 bits per heavy atom. The van der Waals surface area contributed by atoms with Crippen LogP contribution in [0.25, 0.3) is 0 Å². The molecule has 18 heavy (non-hydrogen) atoms. The van der Waals surface area contributed by atoms with E-state index in [1.54, 1.807) is 0 Å². The van der Waals surface area contributed by atoms with Crippen molar-refractivity contribution in [3.05, 3.63) is 35.4 Å². The number of β-amino-alcohol motifs (C(OH)–C–C–N with tert-alkyl or cyclic N) is 1. The van der Waals surface area contributed by atoms with Gasteiger partial charge in [0, 0.05) is 18.5 Å². The molecule has 0 amide bonds. The lowest BCUT2D eigenvalue weighted by molar-refractivity contribution is -0.0725. The predicted molar refractivity (Wildman–Crippen MR) is 72.4 cm³/mol. The highest BCUT2D eigenvalue weighted by molar-refractivity contribution is 5.32. The number of aryl methyl sites for hydroxylation is 1. The van der Waals surface area contributed by atoms with E-state index in [1.807, 2.05) is 0 Å². The van der Waals surface area contributed by atoms with Crippen molar-refractivity contribution in [1.82, 2.24) is 5.32 Å². The summed E-state index contributed by atoms with van der Waals surface area (Å²) < 4.78 is 0. The average Bonchev–Trinajstić information content (AvgIpc) is 2.86. The Morgan fingerprint density at radius 1 is 1.22 bits per heavy atom. The largest absolute Gasteiger partial charge is 0.388 e. The molecule has 1 aliphatic heterocycles. The van der Waals surface area contributed by atoms with Gasteiger partial charge >= 0.3 is 0 Å². The molecule has 0 saturated carbocycles. The zero-order valence-corrected chi connectivity index (χ0v) is 10.8. The monoisotopic (exact) mass is 246 g/mol. The number of nitrogens with one attached hydrogen (secondary N) is 1. The molecule has 1 saturated heterocycles. The van der Waals surface area contributed by atoms with Gasteiger partial charge in [0.2, 0.25) is 0 Å². The number of hydrogen-bond acceptors (Lipinski definition) is 3. The SMILES string of the molecule is NCC1(C2(O)CCNC2)CCc2ccccc2C1. The number of fused-ring (bicyclic) bond motifs is 1. The molecule has 0 radical (unpaired) electrons. The zero-order valence-electron chi connectivity index (χ0n) is 10.8. The van der Waals surface area contributed by atoms with E-state index in [4.69, 9.17) is 5.73 Å². The lowest BCUT2D eigenvalue weighted by atomic mass is 9.61. The van der Waals surface area contributed by atoms with Crippen LogP contribution in [0.3, 0.4) is 0 Å². The van der Waals surface area contributed by atoms with Crippen molar-refractivity contribution < 1.29 is 5.11 Å². The molecule has 3 heteroatoms. The standard InChI is InChI=1S/C15H22N2O/c16-10-14(15(18)7-8-17-11-15)6-5-12-3-1-2-4-13(12)9-14/h1-4,17-18H,5-11,16H2. The lowest BCUT2D eigenvalue weighted by Crippen LogP contribution is -2.56. The summed E-state index contributed by atoms with van der Waals surface area (Å²) in [5, 5.41) is 14.2. The highest BCUT2D eigenvalue weighted by atomic mass is 16.3. The maximum absolute atomic E-state index is 10.9. The third-order valence-corrected chi connectivity index (χ3v) is 5.03. The summed E-state index contributed by atoms with van der Waals surface area (Å²) in [6.07, 6.45) is 3.78. The van der Waals surface area contributed by atoms with E-state index in [1.165, 1.54) is 11.1 Å². The molecule has 0 bridgehead atoms. The van der Waals surface area contributed by atoms with Crippen molar-refractivity contribution in [2.24, 2.45) is 11.1 Å².